The van der Waals surface area contributed by atoms with Crippen molar-refractivity contribution in [2.75, 3.05) is 40.3 Å². The van der Waals surface area contributed by atoms with Crippen molar-refractivity contribution >= 4 is 5.96 Å². The Morgan fingerprint density at radius 3 is 2.57 bits per heavy atom. The van der Waals surface area contributed by atoms with E-state index in [0.717, 1.165) is 38.6 Å². The highest BCUT2D eigenvalue weighted by molar-refractivity contribution is 5.79. The van der Waals surface area contributed by atoms with E-state index in [9.17, 15) is 0 Å². The zero-order valence-electron chi connectivity index (χ0n) is 15.7. The second-order valence-corrected chi connectivity index (χ2v) is 6.65. The van der Waals surface area contributed by atoms with Crippen LogP contribution < -0.4 is 10.6 Å². The summed E-state index contributed by atoms with van der Waals surface area (Å²) in [5.41, 5.74) is 0. The fraction of sp³-hybridized carbons (Fsp3) is 0.944. The van der Waals surface area contributed by atoms with E-state index in [0.29, 0.717) is 12.1 Å². The Kier molecular flexibility index (Phi) is 11.1. The molecule has 0 saturated heterocycles. The zero-order valence-corrected chi connectivity index (χ0v) is 15.7. The van der Waals surface area contributed by atoms with Crippen molar-refractivity contribution in [2.24, 2.45) is 4.99 Å². The average molecular weight is 327 g/mol. The Morgan fingerprint density at radius 1 is 1.22 bits per heavy atom. The molecule has 0 aromatic carbocycles. The molecule has 2 N–H and O–H groups in total. The molecule has 0 amide bonds. The molecule has 1 unspecified atom stereocenters. The SMILES string of the molecule is CCC(C)N(C)CCNC(=NC)NCCCOC1CCCCC1. The lowest BCUT2D eigenvalue weighted by Crippen LogP contribution is -2.42. The Bertz CT molecular complexity index is 316. The van der Waals surface area contributed by atoms with Gasteiger partial charge in [-0.05, 0) is 39.7 Å². The topological polar surface area (TPSA) is 48.9 Å². The monoisotopic (exact) mass is 326 g/mol. The largest absolute Gasteiger partial charge is 0.378 e. The summed E-state index contributed by atoms with van der Waals surface area (Å²) in [5, 5.41) is 6.74. The van der Waals surface area contributed by atoms with Crippen LogP contribution in [0.1, 0.15) is 58.8 Å². The molecule has 0 spiro atoms. The number of hydrogen-bond donors (Lipinski definition) is 2. The Hall–Kier alpha value is -0.810. The molecule has 0 aromatic rings. The Balaban J connectivity index is 2.03. The first-order valence-corrected chi connectivity index (χ1v) is 9.43. The molecule has 0 radical (unpaired) electrons. The van der Waals surface area contributed by atoms with E-state index in [1.54, 1.807) is 0 Å². The molecule has 23 heavy (non-hydrogen) atoms. The van der Waals surface area contributed by atoms with Crippen molar-refractivity contribution in [3.05, 3.63) is 0 Å². The van der Waals surface area contributed by atoms with Crippen molar-refractivity contribution in [1.29, 1.82) is 0 Å². The number of likely N-dealkylation sites (N-methyl/N-ethyl adjacent to an activating group) is 1. The molecular formula is C18H38N4O. The van der Waals surface area contributed by atoms with Crippen molar-refractivity contribution in [3.63, 3.8) is 0 Å². The highest BCUT2D eigenvalue weighted by atomic mass is 16.5. The lowest BCUT2D eigenvalue weighted by molar-refractivity contribution is 0.0277. The maximum Gasteiger partial charge on any atom is 0.191 e. The summed E-state index contributed by atoms with van der Waals surface area (Å²) in [6.07, 6.45) is 9.29. The molecule has 136 valence electrons. The standard InChI is InChI=1S/C18H38N4O/c1-5-16(2)22(4)14-13-21-18(19-3)20-12-9-15-23-17-10-7-6-8-11-17/h16-17H,5-15H2,1-4H3,(H2,19,20,21). The molecule has 5 nitrogen and oxygen atoms in total. The molecule has 1 aliphatic carbocycles. The molecule has 1 fully saturated rings. The van der Waals surface area contributed by atoms with E-state index >= 15 is 0 Å². The quantitative estimate of drug-likeness (QED) is 0.368. The fourth-order valence-electron chi connectivity index (χ4n) is 2.86. The van der Waals surface area contributed by atoms with Crippen LogP contribution in [0, 0.1) is 0 Å². The molecule has 1 saturated carbocycles. The second-order valence-electron chi connectivity index (χ2n) is 6.65. The molecule has 0 aromatic heterocycles. The van der Waals surface area contributed by atoms with Gasteiger partial charge in [0.15, 0.2) is 5.96 Å². The lowest BCUT2D eigenvalue weighted by atomic mass is 9.98. The molecular weight excluding hydrogens is 288 g/mol. The van der Waals surface area contributed by atoms with Gasteiger partial charge in [0.25, 0.3) is 0 Å². The van der Waals surface area contributed by atoms with Crippen LogP contribution in [0.5, 0.6) is 0 Å². The third-order valence-corrected chi connectivity index (χ3v) is 4.84. The summed E-state index contributed by atoms with van der Waals surface area (Å²) in [6, 6.07) is 0.628. The Morgan fingerprint density at radius 2 is 1.91 bits per heavy atom. The number of rotatable bonds is 10. The van der Waals surface area contributed by atoms with Crippen LogP contribution in [0.2, 0.25) is 0 Å². The minimum Gasteiger partial charge on any atom is -0.378 e. The van der Waals surface area contributed by atoms with E-state index in [-0.39, 0.29) is 0 Å². The van der Waals surface area contributed by atoms with Crippen LogP contribution in [0.4, 0.5) is 0 Å². The van der Waals surface area contributed by atoms with E-state index in [1.807, 2.05) is 7.05 Å². The maximum absolute atomic E-state index is 5.94. The number of nitrogens with zero attached hydrogens (tertiary/aromatic N) is 2. The van der Waals surface area contributed by atoms with Crippen LogP contribution >= 0.6 is 0 Å². The number of guanidine groups is 1. The predicted octanol–water partition coefficient (Wildman–Crippen LogP) is 2.62. The normalized spacial score (nSPS) is 18.2. The van der Waals surface area contributed by atoms with Crippen LogP contribution in [0.15, 0.2) is 4.99 Å². The van der Waals surface area contributed by atoms with E-state index in [1.165, 1.54) is 38.5 Å². The molecule has 1 atom stereocenters. The van der Waals surface area contributed by atoms with Crippen molar-refractivity contribution in [3.8, 4) is 0 Å². The van der Waals surface area contributed by atoms with Gasteiger partial charge in [-0.2, -0.15) is 0 Å². The highest BCUT2D eigenvalue weighted by Crippen LogP contribution is 2.20. The van der Waals surface area contributed by atoms with Crippen molar-refractivity contribution < 1.29 is 4.74 Å². The first-order valence-electron chi connectivity index (χ1n) is 9.43. The van der Waals surface area contributed by atoms with E-state index in [4.69, 9.17) is 4.74 Å². The first kappa shape index (κ1) is 20.2. The van der Waals surface area contributed by atoms with Gasteiger partial charge in [-0.1, -0.05) is 26.2 Å². The molecule has 0 aliphatic heterocycles. The van der Waals surface area contributed by atoms with Crippen molar-refractivity contribution in [2.45, 2.75) is 70.9 Å². The molecule has 1 rings (SSSR count). The van der Waals surface area contributed by atoms with E-state index < -0.39 is 0 Å². The van der Waals surface area contributed by atoms with Crippen LogP contribution in [0.3, 0.4) is 0 Å². The number of nitrogens with one attached hydrogen (secondary N) is 2. The van der Waals surface area contributed by atoms with Gasteiger partial charge in [-0.15, -0.1) is 0 Å². The number of hydrogen-bond acceptors (Lipinski definition) is 3. The van der Waals surface area contributed by atoms with Gasteiger partial charge in [0.2, 0.25) is 0 Å². The summed E-state index contributed by atoms with van der Waals surface area (Å²) in [4.78, 5) is 6.65. The van der Waals surface area contributed by atoms with Crippen LogP contribution in [0.25, 0.3) is 0 Å². The first-order chi connectivity index (χ1) is 11.2. The molecule has 0 heterocycles. The third-order valence-electron chi connectivity index (χ3n) is 4.84. The number of aliphatic imine (C=N–C) groups is 1. The molecule has 0 bridgehead atoms. The molecule has 1 aliphatic rings. The minimum absolute atomic E-state index is 0.511. The van der Waals surface area contributed by atoms with Gasteiger partial charge in [0.05, 0.1) is 6.10 Å². The van der Waals surface area contributed by atoms with E-state index in [2.05, 4.69) is 41.4 Å². The van der Waals surface area contributed by atoms with Gasteiger partial charge in [-0.25, -0.2) is 0 Å². The van der Waals surface area contributed by atoms with Crippen LogP contribution in [-0.4, -0.2) is 63.3 Å². The second kappa shape index (κ2) is 12.6. The minimum atomic E-state index is 0.511. The van der Waals surface area contributed by atoms with Crippen LogP contribution in [-0.2, 0) is 4.74 Å². The van der Waals surface area contributed by atoms with Crippen molar-refractivity contribution in [1.82, 2.24) is 15.5 Å². The fourth-order valence-corrected chi connectivity index (χ4v) is 2.86. The maximum atomic E-state index is 5.94. The van der Waals surface area contributed by atoms with Gasteiger partial charge < -0.3 is 20.3 Å². The average Bonchev–Trinajstić information content (AvgIpc) is 2.59. The molecule has 5 heteroatoms. The van der Waals surface area contributed by atoms with Gasteiger partial charge in [0.1, 0.15) is 0 Å². The van der Waals surface area contributed by atoms with Gasteiger partial charge in [0, 0.05) is 39.3 Å². The zero-order chi connectivity index (χ0) is 16.9. The third kappa shape index (κ3) is 9.16. The predicted molar refractivity (Wildman–Crippen MR) is 99.2 cm³/mol. The highest BCUT2D eigenvalue weighted by Gasteiger charge is 2.13. The van der Waals surface area contributed by atoms with Gasteiger partial charge >= 0.3 is 0 Å². The summed E-state index contributed by atoms with van der Waals surface area (Å²) in [7, 11) is 4.00. The summed E-state index contributed by atoms with van der Waals surface area (Å²) < 4.78 is 5.94. The summed E-state index contributed by atoms with van der Waals surface area (Å²) >= 11 is 0. The van der Waals surface area contributed by atoms with Gasteiger partial charge in [-0.3, -0.25) is 4.99 Å². The Labute approximate surface area is 143 Å². The summed E-state index contributed by atoms with van der Waals surface area (Å²) in [5.74, 6) is 0.889. The number of ether oxygens (including phenoxy) is 1. The summed E-state index contributed by atoms with van der Waals surface area (Å²) in [6.45, 7) is 8.20. The lowest BCUT2D eigenvalue weighted by Gasteiger charge is -2.24. The smallest absolute Gasteiger partial charge is 0.191 e.